The quantitative estimate of drug-likeness (QED) is 0.460. The Morgan fingerprint density at radius 1 is 1.21 bits per heavy atom. The summed E-state index contributed by atoms with van der Waals surface area (Å²) in [6, 6.07) is 6.82. The molecule has 0 radical (unpaired) electrons. The molecular formula is C22H39N5O2. The van der Waals surface area contributed by atoms with E-state index in [9.17, 15) is 0 Å². The van der Waals surface area contributed by atoms with Crippen molar-refractivity contribution in [3.05, 3.63) is 23.8 Å². The van der Waals surface area contributed by atoms with Crippen LogP contribution in [0.1, 0.15) is 38.3 Å². The number of guanidine groups is 1. The summed E-state index contributed by atoms with van der Waals surface area (Å²) in [5, 5.41) is 6.93. The summed E-state index contributed by atoms with van der Waals surface area (Å²) in [6.07, 6.45) is 2.54. The van der Waals surface area contributed by atoms with Gasteiger partial charge in [0.25, 0.3) is 0 Å². The fourth-order valence-corrected chi connectivity index (χ4v) is 3.90. The topological polar surface area (TPSA) is 61.4 Å². The first-order chi connectivity index (χ1) is 14.0. The highest BCUT2D eigenvalue weighted by atomic mass is 16.5. The van der Waals surface area contributed by atoms with E-state index in [-0.39, 0.29) is 6.04 Å². The van der Waals surface area contributed by atoms with Crippen molar-refractivity contribution in [2.75, 3.05) is 61.0 Å². The van der Waals surface area contributed by atoms with E-state index >= 15 is 0 Å². The van der Waals surface area contributed by atoms with Crippen LogP contribution in [0.2, 0.25) is 0 Å². The van der Waals surface area contributed by atoms with Crippen LogP contribution < -0.4 is 20.1 Å². The fourth-order valence-electron chi connectivity index (χ4n) is 3.90. The minimum absolute atomic E-state index is 0.142. The lowest BCUT2D eigenvalue weighted by atomic mass is 10.1. The summed E-state index contributed by atoms with van der Waals surface area (Å²) in [5.41, 5.74) is 1.15. The molecule has 0 bridgehead atoms. The van der Waals surface area contributed by atoms with E-state index < -0.39 is 0 Å². The van der Waals surface area contributed by atoms with E-state index in [0.717, 1.165) is 42.7 Å². The second-order valence-corrected chi connectivity index (χ2v) is 7.62. The zero-order valence-corrected chi connectivity index (χ0v) is 19.0. The van der Waals surface area contributed by atoms with Gasteiger partial charge in [-0.15, -0.1) is 0 Å². The Labute approximate surface area is 176 Å². The van der Waals surface area contributed by atoms with Crippen LogP contribution in [-0.4, -0.2) is 82.8 Å². The number of nitrogens with one attached hydrogen (secondary N) is 2. The van der Waals surface area contributed by atoms with Crippen LogP contribution in [0.5, 0.6) is 11.5 Å². The van der Waals surface area contributed by atoms with E-state index in [0.29, 0.717) is 12.6 Å². The second-order valence-electron chi connectivity index (χ2n) is 7.62. The maximum atomic E-state index is 5.48. The molecule has 7 nitrogen and oxygen atoms in total. The minimum Gasteiger partial charge on any atom is -0.493 e. The van der Waals surface area contributed by atoms with E-state index in [1.54, 1.807) is 14.2 Å². The van der Waals surface area contributed by atoms with Gasteiger partial charge in [0.1, 0.15) is 0 Å². The van der Waals surface area contributed by atoms with Crippen LogP contribution in [0, 0.1) is 0 Å². The maximum absolute atomic E-state index is 5.48. The number of benzene rings is 1. The number of hydrogen-bond acceptors (Lipinski definition) is 5. The third-order valence-corrected chi connectivity index (χ3v) is 5.59. The van der Waals surface area contributed by atoms with Gasteiger partial charge in [-0.05, 0) is 64.6 Å². The number of likely N-dealkylation sites (N-methyl/N-ethyl adjacent to an activating group) is 2. The second kappa shape index (κ2) is 11.9. The van der Waals surface area contributed by atoms with Crippen molar-refractivity contribution in [1.29, 1.82) is 0 Å². The van der Waals surface area contributed by atoms with Crippen molar-refractivity contribution >= 4 is 5.96 Å². The highest BCUT2D eigenvalue weighted by molar-refractivity contribution is 5.79. The Kier molecular flexibility index (Phi) is 9.54. The first-order valence-corrected chi connectivity index (χ1v) is 10.7. The molecule has 29 heavy (non-hydrogen) atoms. The van der Waals surface area contributed by atoms with Gasteiger partial charge in [0, 0.05) is 19.1 Å². The summed E-state index contributed by atoms with van der Waals surface area (Å²) in [7, 11) is 7.48. The molecule has 0 aliphatic carbocycles. The summed E-state index contributed by atoms with van der Waals surface area (Å²) in [5.74, 6) is 2.36. The summed E-state index contributed by atoms with van der Waals surface area (Å²) < 4.78 is 10.8. The molecule has 0 spiro atoms. The molecule has 0 aromatic heterocycles. The lowest BCUT2D eigenvalue weighted by Crippen LogP contribution is -2.45. The minimum atomic E-state index is 0.142. The smallest absolute Gasteiger partial charge is 0.191 e. The number of ether oxygens (including phenoxy) is 2. The number of nitrogens with zero attached hydrogens (tertiary/aromatic N) is 3. The molecule has 164 valence electrons. The van der Waals surface area contributed by atoms with Gasteiger partial charge >= 0.3 is 0 Å². The molecule has 2 rings (SSSR count). The van der Waals surface area contributed by atoms with Gasteiger partial charge in [-0.1, -0.05) is 13.0 Å². The highest BCUT2D eigenvalue weighted by Crippen LogP contribution is 2.31. The molecule has 1 aromatic rings. The largest absolute Gasteiger partial charge is 0.493 e. The average Bonchev–Trinajstić information content (AvgIpc) is 3.19. The lowest BCUT2D eigenvalue weighted by Gasteiger charge is -2.26. The van der Waals surface area contributed by atoms with Gasteiger partial charge < -0.3 is 25.0 Å². The van der Waals surface area contributed by atoms with Gasteiger partial charge in [-0.25, -0.2) is 0 Å². The molecular weight excluding hydrogens is 366 g/mol. The van der Waals surface area contributed by atoms with Gasteiger partial charge in [0.15, 0.2) is 17.5 Å². The van der Waals surface area contributed by atoms with Gasteiger partial charge in [0.05, 0.1) is 26.8 Å². The summed E-state index contributed by atoms with van der Waals surface area (Å²) >= 11 is 0. The third kappa shape index (κ3) is 6.51. The maximum Gasteiger partial charge on any atom is 0.191 e. The molecule has 1 aromatic carbocycles. The highest BCUT2D eigenvalue weighted by Gasteiger charge is 2.23. The third-order valence-electron chi connectivity index (χ3n) is 5.59. The standard InChI is InChI=1S/C22H39N5O2/c1-7-23-22(24-15-18-10-9-13-27(18)8-2)25-16-19(26(3)4)17-11-12-20(28-5)21(14-17)29-6/h11-12,14,18-19H,7-10,13,15-16H2,1-6H3,(H2,23,24,25). The van der Waals surface area contributed by atoms with E-state index in [1.807, 2.05) is 12.1 Å². The van der Waals surface area contributed by atoms with E-state index in [4.69, 9.17) is 14.5 Å². The monoisotopic (exact) mass is 405 g/mol. The van der Waals surface area contributed by atoms with Crippen molar-refractivity contribution in [3.63, 3.8) is 0 Å². The Morgan fingerprint density at radius 2 is 1.97 bits per heavy atom. The molecule has 1 heterocycles. The average molecular weight is 406 g/mol. The first kappa shape index (κ1) is 23.3. The molecule has 7 heteroatoms. The Bertz CT molecular complexity index is 650. The van der Waals surface area contributed by atoms with E-state index in [2.05, 4.69) is 54.4 Å². The SMILES string of the molecule is CCNC(=NCC(c1ccc(OC)c(OC)c1)N(C)C)NCC1CCCN1CC. The molecule has 0 saturated carbocycles. The van der Waals surface area contributed by atoms with Crippen LogP contribution in [0.15, 0.2) is 23.2 Å². The van der Waals surface area contributed by atoms with Crippen LogP contribution in [0.4, 0.5) is 0 Å². The molecule has 1 fully saturated rings. The fraction of sp³-hybridized carbons (Fsp3) is 0.682. The first-order valence-electron chi connectivity index (χ1n) is 10.7. The molecule has 2 unspecified atom stereocenters. The van der Waals surface area contributed by atoms with Crippen LogP contribution >= 0.6 is 0 Å². The predicted molar refractivity (Wildman–Crippen MR) is 120 cm³/mol. The summed E-state index contributed by atoms with van der Waals surface area (Å²) in [4.78, 5) is 9.61. The van der Waals surface area contributed by atoms with Gasteiger partial charge in [0.2, 0.25) is 0 Å². The summed E-state index contributed by atoms with van der Waals surface area (Å²) in [6.45, 7) is 9.09. The van der Waals surface area contributed by atoms with Crippen LogP contribution in [-0.2, 0) is 0 Å². The number of likely N-dealkylation sites (tertiary alicyclic amines) is 1. The predicted octanol–water partition coefficient (Wildman–Crippen LogP) is 2.35. The molecule has 1 aliphatic heterocycles. The number of hydrogen-bond donors (Lipinski definition) is 2. The lowest BCUT2D eigenvalue weighted by molar-refractivity contribution is 0.266. The Morgan fingerprint density at radius 3 is 2.59 bits per heavy atom. The van der Waals surface area contributed by atoms with Crippen molar-refractivity contribution in [2.24, 2.45) is 4.99 Å². The zero-order valence-electron chi connectivity index (χ0n) is 19.0. The van der Waals surface area contributed by atoms with Crippen molar-refractivity contribution in [3.8, 4) is 11.5 Å². The van der Waals surface area contributed by atoms with Crippen LogP contribution in [0.25, 0.3) is 0 Å². The molecule has 1 aliphatic rings. The zero-order chi connectivity index (χ0) is 21.2. The van der Waals surface area contributed by atoms with Crippen molar-refractivity contribution in [2.45, 2.75) is 38.8 Å². The normalized spacial score (nSPS) is 18.7. The molecule has 2 N–H and O–H groups in total. The Balaban J connectivity index is 2.09. The molecule has 0 amide bonds. The van der Waals surface area contributed by atoms with Gasteiger partial charge in [-0.2, -0.15) is 0 Å². The van der Waals surface area contributed by atoms with Gasteiger partial charge in [-0.3, -0.25) is 9.89 Å². The molecule has 2 atom stereocenters. The molecule has 1 saturated heterocycles. The number of rotatable bonds is 10. The van der Waals surface area contributed by atoms with Crippen LogP contribution in [0.3, 0.4) is 0 Å². The number of methoxy groups -OCH3 is 2. The Hall–Kier alpha value is -1.99. The van der Waals surface area contributed by atoms with Crippen molar-refractivity contribution < 1.29 is 9.47 Å². The number of aliphatic imine (C=N–C) groups is 1. The van der Waals surface area contributed by atoms with Crippen molar-refractivity contribution in [1.82, 2.24) is 20.4 Å². The van der Waals surface area contributed by atoms with E-state index in [1.165, 1.54) is 19.4 Å².